The summed E-state index contributed by atoms with van der Waals surface area (Å²) in [6, 6.07) is 4.20. The molecule has 1 amide bonds. The fourth-order valence-corrected chi connectivity index (χ4v) is 3.46. The van der Waals surface area contributed by atoms with Gasteiger partial charge in [0.15, 0.2) is 0 Å². The highest BCUT2D eigenvalue weighted by Crippen LogP contribution is 2.32. The first-order valence-corrected chi connectivity index (χ1v) is 8.76. The van der Waals surface area contributed by atoms with Crippen LogP contribution in [0, 0.1) is 0 Å². The minimum Gasteiger partial charge on any atom is -0.340 e. The van der Waals surface area contributed by atoms with E-state index in [0.717, 1.165) is 12.1 Å². The second-order valence-electron chi connectivity index (χ2n) is 5.93. The van der Waals surface area contributed by atoms with E-state index in [0.29, 0.717) is 10.9 Å². The molecular formula is C14H15F3N4O3S. The van der Waals surface area contributed by atoms with Crippen LogP contribution in [0.3, 0.4) is 0 Å². The predicted molar refractivity (Wildman–Crippen MR) is 83.9 cm³/mol. The summed E-state index contributed by atoms with van der Waals surface area (Å²) in [4.78, 5) is 13.9. The molecule has 25 heavy (non-hydrogen) atoms. The first kappa shape index (κ1) is 17.7. The zero-order chi connectivity index (χ0) is 18.6. The summed E-state index contributed by atoms with van der Waals surface area (Å²) in [5.41, 5.74) is -0.0644. The molecular weight excluding hydrogens is 361 g/mol. The molecule has 0 spiro atoms. The number of fused-ring (bicyclic) bond motifs is 1. The van der Waals surface area contributed by atoms with Crippen molar-refractivity contribution in [2.75, 3.05) is 13.1 Å². The van der Waals surface area contributed by atoms with Gasteiger partial charge in [-0.05, 0) is 24.3 Å². The molecule has 2 heterocycles. The van der Waals surface area contributed by atoms with Crippen LogP contribution in [0.15, 0.2) is 24.3 Å². The molecule has 0 radical (unpaired) electrons. The van der Waals surface area contributed by atoms with Gasteiger partial charge < -0.3 is 9.47 Å². The Morgan fingerprint density at radius 2 is 1.92 bits per heavy atom. The summed E-state index contributed by atoms with van der Waals surface area (Å²) >= 11 is 0. The van der Waals surface area contributed by atoms with Gasteiger partial charge in [0.2, 0.25) is 0 Å². The van der Waals surface area contributed by atoms with Crippen LogP contribution < -0.4 is 9.86 Å². The highest BCUT2D eigenvalue weighted by molar-refractivity contribution is 7.87. The van der Waals surface area contributed by atoms with E-state index in [1.54, 1.807) is 7.05 Å². The lowest BCUT2D eigenvalue weighted by Crippen LogP contribution is -2.61. The lowest BCUT2D eigenvalue weighted by atomic mass is 10.1. The number of carbonyl (C=O) groups is 1. The van der Waals surface area contributed by atoms with Crippen LogP contribution in [0.25, 0.3) is 10.9 Å². The average Bonchev–Trinajstić information content (AvgIpc) is 2.77. The monoisotopic (exact) mass is 376 g/mol. The summed E-state index contributed by atoms with van der Waals surface area (Å²) in [6.07, 6.45) is -4.46. The Labute approximate surface area is 141 Å². The molecule has 3 rings (SSSR count). The van der Waals surface area contributed by atoms with Gasteiger partial charge in [0.05, 0.1) is 11.6 Å². The van der Waals surface area contributed by atoms with Crippen molar-refractivity contribution in [2.45, 2.75) is 12.2 Å². The van der Waals surface area contributed by atoms with E-state index >= 15 is 0 Å². The van der Waals surface area contributed by atoms with Gasteiger partial charge in [-0.15, -0.1) is 0 Å². The van der Waals surface area contributed by atoms with Crippen LogP contribution in [-0.2, 0) is 23.4 Å². The van der Waals surface area contributed by atoms with Crippen LogP contribution in [0.5, 0.6) is 0 Å². The normalized spacial score (nSPS) is 16.3. The number of amides is 1. The Morgan fingerprint density at radius 3 is 2.48 bits per heavy atom. The fraction of sp³-hybridized carbons (Fsp3) is 0.357. The minimum absolute atomic E-state index is 0.143. The molecule has 1 aliphatic rings. The van der Waals surface area contributed by atoms with Crippen LogP contribution in [-0.4, -0.2) is 42.9 Å². The number of nitrogens with zero attached hydrogens (tertiary/aromatic N) is 2. The Hall–Kier alpha value is -2.11. The number of likely N-dealkylation sites (tertiary alicyclic amines) is 1. The number of rotatable bonds is 3. The predicted octanol–water partition coefficient (Wildman–Crippen LogP) is 0.815. The molecule has 0 aliphatic carbocycles. The van der Waals surface area contributed by atoms with Gasteiger partial charge in [-0.1, -0.05) is 0 Å². The van der Waals surface area contributed by atoms with E-state index in [1.807, 2.05) is 0 Å². The number of hydrogen-bond donors (Lipinski definition) is 2. The van der Waals surface area contributed by atoms with E-state index in [9.17, 15) is 26.4 Å². The molecule has 1 aromatic heterocycles. The molecule has 0 atom stereocenters. The number of carbonyl (C=O) groups excluding carboxylic acids is 1. The van der Waals surface area contributed by atoms with Crippen molar-refractivity contribution >= 4 is 27.0 Å². The highest BCUT2D eigenvalue weighted by atomic mass is 32.2. The van der Waals surface area contributed by atoms with Gasteiger partial charge in [0, 0.05) is 31.0 Å². The fourth-order valence-electron chi connectivity index (χ4n) is 2.84. The minimum atomic E-state index is -4.46. The highest BCUT2D eigenvalue weighted by Gasteiger charge is 2.35. The van der Waals surface area contributed by atoms with Gasteiger partial charge in [-0.25, -0.2) is 5.14 Å². The molecule has 1 fully saturated rings. The van der Waals surface area contributed by atoms with Gasteiger partial charge in [0.25, 0.3) is 16.1 Å². The molecule has 11 heteroatoms. The third kappa shape index (κ3) is 3.48. The zero-order valence-corrected chi connectivity index (χ0v) is 13.9. The van der Waals surface area contributed by atoms with Gasteiger partial charge in [-0.2, -0.15) is 26.3 Å². The summed E-state index contributed by atoms with van der Waals surface area (Å²) < 4.78 is 64.0. The molecule has 1 aliphatic heterocycles. The number of nitrogens with one attached hydrogen (secondary N) is 1. The molecule has 2 aromatic rings. The molecule has 1 saturated heterocycles. The Bertz CT molecular complexity index is 946. The first-order chi connectivity index (χ1) is 11.5. The second kappa shape index (κ2) is 5.71. The van der Waals surface area contributed by atoms with Crippen molar-refractivity contribution in [1.29, 1.82) is 0 Å². The lowest BCUT2D eigenvalue weighted by Gasteiger charge is -2.38. The first-order valence-electron chi connectivity index (χ1n) is 7.22. The third-order valence-corrected chi connectivity index (χ3v) is 4.75. The van der Waals surface area contributed by atoms with Gasteiger partial charge in [-0.3, -0.25) is 4.79 Å². The summed E-state index contributed by atoms with van der Waals surface area (Å²) in [6.45, 7) is 0.287. The van der Waals surface area contributed by atoms with Crippen LogP contribution >= 0.6 is 0 Å². The molecule has 1 aromatic carbocycles. The molecule has 3 N–H and O–H groups in total. The number of alkyl halides is 3. The Balaban J connectivity index is 1.82. The SMILES string of the molecule is Cn1c(C(=O)N2CC(NS(N)(=O)=O)C2)cc2cc(C(F)(F)F)ccc21. The number of nitrogens with two attached hydrogens (primary N) is 1. The molecule has 0 saturated carbocycles. The van der Waals surface area contributed by atoms with Crippen molar-refractivity contribution in [3.63, 3.8) is 0 Å². The number of benzene rings is 1. The topological polar surface area (TPSA) is 97.4 Å². The maximum atomic E-state index is 12.8. The Kier molecular flexibility index (Phi) is 4.05. The molecule has 0 unspecified atom stereocenters. The summed E-state index contributed by atoms with van der Waals surface area (Å²) in [5, 5.41) is 5.17. The maximum Gasteiger partial charge on any atom is 0.416 e. The van der Waals surface area contributed by atoms with Crippen molar-refractivity contribution in [3.8, 4) is 0 Å². The standard InChI is InChI=1S/C14H15F3N4O3S/c1-20-11-3-2-9(14(15,16)17)4-8(11)5-12(20)13(22)21-6-10(7-21)19-25(18,23)24/h2-5,10,19H,6-7H2,1H3,(H2,18,23,24). The summed E-state index contributed by atoms with van der Waals surface area (Å²) in [7, 11) is -2.26. The number of aromatic nitrogens is 1. The van der Waals surface area contributed by atoms with E-state index in [4.69, 9.17) is 5.14 Å². The number of aryl methyl sites for hydroxylation is 1. The lowest BCUT2D eigenvalue weighted by molar-refractivity contribution is -0.137. The van der Waals surface area contributed by atoms with Crippen LogP contribution in [0.4, 0.5) is 13.2 Å². The molecule has 7 nitrogen and oxygen atoms in total. The zero-order valence-electron chi connectivity index (χ0n) is 13.0. The second-order valence-corrected chi connectivity index (χ2v) is 7.26. The smallest absolute Gasteiger partial charge is 0.340 e. The largest absolute Gasteiger partial charge is 0.416 e. The average molecular weight is 376 g/mol. The van der Waals surface area contributed by atoms with E-state index in [1.165, 1.54) is 21.6 Å². The van der Waals surface area contributed by atoms with Crippen molar-refractivity contribution in [2.24, 2.45) is 12.2 Å². The van der Waals surface area contributed by atoms with E-state index in [2.05, 4.69) is 4.72 Å². The maximum absolute atomic E-state index is 12.8. The summed E-state index contributed by atoms with van der Waals surface area (Å²) in [5.74, 6) is -0.389. The number of hydrogen-bond acceptors (Lipinski definition) is 3. The van der Waals surface area contributed by atoms with Crippen LogP contribution in [0.1, 0.15) is 16.1 Å². The van der Waals surface area contributed by atoms with Gasteiger partial charge >= 0.3 is 6.18 Å². The third-order valence-electron chi connectivity index (χ3n) is 4.09. The number of halogens is 3. The molecule has 0 bridgehead atoms. The van der Waals surface area contributed by atoms with Crippen molar-refractivity contribution in [3.05, 3.63) is 35.5 Å². The van der Waals surface area contributed by atoms with Gasteiger partial charge in [0.1, 0.15) is 5.69 Å². The quantitative estimate of drug-likeness (QED) is 0.830. The van der Waals surface area contributed by atoms with Crippen LogP contribution in [0.2, 0.25) is 0 Å². The Morgan fingerprint density at radius 1 is 1.28 bits per heavy atom. The van der Waals surface area contributed by atoms with E-state index in [-0.39, 0.29) is 24.7 Å². The van der Waals surface area contributed by atoms with Crippen molar-refractivity contribution < 1.29 is 26.4 Å². The van der Waals surface area contributed by atoms with E-state index < -0.39 is 28.0 Å². The molecule has 136 valence electrons. The van der Waals surface area contributed by atoms with Crippen molar-refractivity contribution in [1.82, 2.24) is 14.2 Å².